The predicted octanol–water partition coefficient (Wildman–Crippen LogP) is 2.70. The number of anilines is 1. The topological polar surface area (TPSA) is 66.9 Å². The number of rotatable bonds is 4. The molecule has 0 fully saturated rings. The number of hydrogen-bond acceptors (Lipinski definition) is 5. The van der Waals surface area contributed by atoms with Crippen molar-refractivity contribution in [3.63, 3.8) is 0 Å². The summed E-state index contributed by atoms with van der Waals surface area (Å²) in [5.74, 6) is 1.89. The number of aromatic amines is 1. The van der Waals surface area contributed by atoms with Gasteiger partial charge in [0.1, 0.15) is 17.6 Å². The van der Waals surface area contributed by atoms with Crippen LogP contribution >= 0.6 is 0 Å². The summed E-state index contributed by atoms with van der Waals surface area (Å²) in [4.78, 5) is 18.3. The van der Waals surface area contributed by atoms with Gasteiger partial charge in [0, 0.05) is 13.1 Å². The van der Waals surface area contributed by atoms with E-state index in [0.29, 0.717) is 5.65 Å². The van der Waals surface area contributed by atoms with E-state index < -0.39 is 0 Å². The van der Waals surface area contributed by atoms with E-state index in [1.807, 2.05) is 0 Å². The van der Waals surface area contributed by atoms with E-state index in [9.17, 15) is 0 Å². The van der Waals surface area contributed by atoms with Gasteiger partial charge in [-0.25, -0.2) is 15.0 Å². The van der Waals surface area contributed by atoms with Crippen LogP contribution in [0.25, 0.3) is 11.2 Å². The Hall–Kier alpha value is -2.63. The summed E-state index contributed by atoms with van der Waals surface area (Å²) in [5, 5.41) is 0. The highest BCUT2D eigenvalue weighted by molar-refractivity contribution is 5.82. The van der Waals surface area contributed by atoms with Crippen LogP contribution in [0.5, 0.6) is 5.75 Å². The predicted molar refractivity (Wildman–Crippen MR) is 88.7 cm³/mol. The maximum Gasteiger partial charge on any atom is 0.182 e. The summed E-state index contributed by atoms with van der Waals surface area (Å²) in [6, 6.07) is 6.40. The molecule has 0 unspecified atom stereocenters. The highest BCUT2D eigenvalue weighted by Crippen LogP contribution is 2.28. The Morgan fingerprint density at radius 1 is 1.22 bits per heavy atom. The molecule has 0 saturated heterocycles. The van der Waals surface area contributed by atoms with Gasteiger partial charge in [-0.05, 0) is 36.1 Å². The molecular weight excluding hydrogens is 290 g/mol. The molecule has 4 rings (SSSR count). The molecule has 0 radical (unpaired) electrons. The maximum absolute atomic E-state index is 5.73. The molecule has 118 valence electrons. The summed E-state index contributed by atoms with van der Waals surface area (Å²) in [7, 11) is 0. The second-order valence-corrected chi connectivity index (χ2v) is 5.75. The Morgan fingerprint density at radius 2 is 2.17 bits per heavy atom. The zero-order valence-corrected chi connectivity index (χ0v) is 13.1. The van der Waals surface area contributed by atoms with Crippen LogP contribution in [-0.4, -0.2) is 33.1 Å². The van der Waals surface area contributed by atoms with E-state index in [2.05, 4.69) is 50.0 Å². The molecular formula is C17H19N5O. The van der Waals surface area contributed by atoms with Crippen molar-refractivity contribution in [2.24, 2.45) is 0 Å². The lowest BCUT2D eigenvalue weighted by molar-refractivity contribution is 0.317. The molecule has 0 bridgehead atoms. The first kappa shape index (κ1) is 14.0. The normalized spacial score (nSPS) is 14.0. The van der Waals surface area contributed by atoms with Gasteiger partial charge in [-0.3, -0.25) is 0 Å². The number of ether oxygens (including phenoxy) is 1. The van der Waals surface area contributed by atoms with Gasteiger partial charge in [0.05, 0.1) is 12.9 Å². The molecule has 0 atom stereocenters. The molecule has 2 aromatic heterocycles. The highest BCUT2D eigenvalue weighted by atomic mass is 16.5. The number of hydrogen-bond donors (Lipinski definition) is 1. The van der Waals surface area contributed by atoms with Crippen LogP contribution in [0.2, 0.25) is 0 Å². The van der Waals surface area contributed by atoms with Crippen molar-refractivity contribution >= 4 is 17.0 Å². The van der Waals surface area contributed by atoms with Crippen LogP contribution in [0, 0.1) is 0 Å². The van der Waals surface area contributed by atoms with Crippen molar-refractivity contribution in [1.82, 2.24) is 19.9 Å². The molecule has 0 aliphatic carbocycles. The van der Waals surface area contributed by atoms with Gasteiger partial charge in [0.15, 0.2) is 11.5 Å². The monoisotopic (exact) mass is 309 g/mol. The Balaban J connectivity index is 1.60. The molecule has 1 aromatic carbocycles. The van der Waals surface area contributed by atoms with E-state index in [1.165, 1.54) is 11.1 Å². The van der Waals surface area contributed by atoms with Gasteiger partial charge in [-0.2, -0.15) is 0 Å². The fraction of sp³-hybridized carbons (Fsp3) is 0.353. The number of imidazole rings is 1. The number of nitrogens with one attached hydrogen (secondary N) is 1. The van der Waals surface area contributed by atoms with Crippen LogP contribution in [0.4, 0.5) is 5.82 Å². The highest BCUT2D eigenvalue weighted by Gasteiger charge is 2.20. The lowest BCUT2D eigenvalue weighted by atomic mass is 9.99. The number of benzene rings is 1. The Bertz CT molecular complexity index is 829. The third-order valence-corrected chi connectivity index (χ3v) is 4.17. The van der Waals surface area contributed by atoms with E-state index in [1.54, 1.807) is 12.7 Å². The van der Waals surface area contributed by atoms with Crippen molar-refractivity contribution in [3.05, 3.63) is 42.0 Å². The minimum atomic E-state index is 0.712. The quantitative estimate of drug-likeness (QED) is 0.802. The second-order valence-electron chi connectivity index (χ2n) is 5.75. The van der Waals surface area contributed by atoms with Gasteiger partial charge in [-0.15, -0.1) is 0 Å². The third kappa shape index (κ3) is 2.60. The van der Waals surface area contributed by atoms with Crippen LogP contribution in [0.1, 0.15) is 24.5 Å². The molecule has 0 spiro atoms. The molecule has 1 aliphatic rings. The van der Waals surface area contributed by atoms with Gasteiger partial charge in [0.25, 0.3) is 0 Å². The summed E-state index contributed by atoms with van der Waals surface area (Å²) < 4.78 is 5.73. The summed E-state index contributed by atoms with van der Waals surface area (Å²) in [6.07, 6.45) is 5.25. The first-order chi connectivity index (χ1) is 11.3. The van der Waals surface area contributed by atoms with Gasteiger partial charge < -0.3 is 14.6 Å². The van der Waals surface area contributed by atoms with E-state index >= 15 is 0 Å². The van der Waals surface area contributed by atoms with Crippen molar-refractivity contribution in [3.8, 4) is 5.75 Å². The third-order valence-electron chi connectivity index (χ3n) is 4.17. The first-order valence-electron chi connectivity index (χ1n) is 7.99. The van der Waals surface area contributed by atoms with Crippen molar-refractivity contribution in [2.45, 2.75) is 26.3 Å². The van der Waals surface area contributed by atoms with Crippen LogP contribution in [0.15, 0.2) is 30.9 Å². The lowest BCUT2D eigenvalue weighted by Gasteiger charge is -2.30. The van der Waals surface area contributed by atoms with Gasteiger partial charge >= 0.3 is 0 Å². The summed E-state index contributed by atoms with van der Waals surface area (Å²) in [6.45, 7) is 4.65. The smallest absolute Gasteiger partial charge is 0.182 e. The molecule has 6 heteroatoms. The molecule has 3 heterocycles. The van der Waals surface area contributed by atoms with Gasteiger partial charge in [0.2, 0.25) is 0 Å². The second kappa shape index (κ2) is 5.87. The molecule has 0 amide bonds. The minimum absolute atomic E-state index is 0.712. The first-order valence-corrected chi connectivity index (χ1v) is 7.99. The van der Waals surface area contributed by atoms with E-state index in [-0.39, 0.29) is 0 Å². The van der Waals surface area contributed by atoms with Crippen LogP contribution in [-0.2, 0) is 13.0 Å². The molecule has 0 saturated carbocycles. The summed E-state index contributed by atoms with van der Waals surface area (Å²) in [5.41, 5.74) is 4.30. The summed E-state index contributed by atoms with van der Waals surface area (Å²) >= 11 is 0. The molecule has 6 nitrogen and oxygen atoms in total. The average Bonchev–Trinajstić information content (AvgIpc) is 3.08. The largest absolute Gasteiger partial charge is 0.494 e. The van der Waals surface area contributed by atoms with Crippen molar-refractivity contribution < 1.29 is 4.74 Å². The molecule has 1 aliphatic heterocycles. The van der Waals surface area contributed by atoms with Crippen molar-refractivity contribution in [1.29, 1.82) is 0 Å². The lowest BCUT2D eigenvalue weighted by Crippen LogP contribution is -2.31. The molecule has 1 N–H and O–H groups in total. The standard InChI is InChI=1S/C17H19N5O/c1-2-7-23-14-4-3-13-9-22(6-5-12(13)8-14)17-15-16(19-10-18-15)20-11-21-17/h3-4,8,10-11H,2,5-7,9H2,1H3,(H,18,19,20,21). The number of H-pyrrole nitrogens is 1. The Morgan fingerprint density at radius 3 is 3.09 bits per heavy atom. The van der Waals surface area contributed by atoms with Crippen molar-refractivity contribution in [2.75, 3.05) is 18.1 Å². The van der Waals surface area contributed by atoms with E-state index in [4.69, 9.17) is 4.74 Å². The number of nitrogens with zero attached hydrogens (tertiary/aromatic N) is 4. The van der Waals surface area contributed by atoms with Gasteiger partial charge in [-0.1, -0.05) is 13.0 Å². The Kier molecular flexibility index (Phi) is 3.57. The fourth-order valence-electron chi connectivity index (χ4n) is 3.01. The Labute approximate surface area is 134 Å². The molecule has 23 heavy (non-hydrogen) atoms. The average molecular weight is 309 g/mol. The minimum Gasteiger partial charge on any atom is -0.494 e. The van der Waals surface area contributed by atoms with Crippen LogP contribution in [0.3, 0.4) is 0 Å². The fourth-order valence-corrected chi connectivity index (χ4v) is 3.01. The zero-order valence-electron chi connectivity index (χ0n) is 13.1. The SMILES string of the molecule is CCCOc1ccc2c(c1)CCN(c1ncnc3nc[nH]c13)C2. The zero-order chi connectivity index (χ0) is 15.6. The maximum atomic E-state index is 5.73. The van der Waals surface area contributed by atoms with E-state index in [0.717, 1.165) is 49.6 Å². The van der Waals surface area contributed by atoms with Crippen LogP contribution < -0.4 is 9.64 Å². The molecule has 3 aromatic rings. The number of aromatic nitrogens is 4. The number of fused-ring (bicyclic) bond motifs is 2.